The Hall–Kier alpha value is -2.45. The summed E-state index contributed by atoms with van der Waals surface area (Å²) in [6.07, 6.45) is 1.90. The average Bonchev–Trinajstić information content (AvgIpc) is 2.68. The van der Waals surface area contributed by atoms with Crippen molar-refractivity contribution in [2.45, 2.75) is 24.7 Å². The van der Waals surface area contributed by atoms with E-state index in [2.05, 4.69) is 5.32 Å². The Labute approximate surface area is 164 Å². The second-order valence-corrected chi connectivity index (χ2v) is 8.86. The van der Waals surface area contributed by atoms with Gasteiger partial charge in [0.25, 0.3) is 5.91 Å². The van der Waals surface area contributed by atoms with E-state index in [1.807, 2.05) is 6.92 Å². The van der Waals surface area contributed by atoms with Crippen molar-refractivity contribution in [3.8, 4) is 5.75 Å². The molecule has 0 bridgehead atoms. The van der Waals surface area contributed by atoms with E-state index in [-0.39, 0.29) is 17.3 Å². The van der Waals surface area contributed by atoms with Crippen LogP contribution >= 0.6 is 0 Å². The number of hydrogen-bond acceptors (Lipinski definition) is 4. The maximum atomic E-state index is 12.8. The Kier molecular flexibility index (Phi) is 6.31. The lowest BCUT2D eigenvalue weighted by molar-refractivity contribution is -0.118. The molecule has 0 spiro atoms. The lowest BCUT2D eigenvalue weighted by Gasteiger charge is -2.30. The van der Waals surface area contributed by atoms with Crippen molar-refractivity contribution in [1.29, 1.82) is 0 Å². The molecule has 0 aromatic heterocycles. The van der Waals surface area contributed by atoms with Crippen molar-refractivity contribution < 1.29 is 22.3 Å². The van der Waals surface area contributed by atoms with Crippen LogP contribution in [0.1, 0.15) is 19.8 Å². The van der Waals surface area contributed by atoms with Crippen LogP contribution < -0.4 is 10.1 Å². The van der Waals surface area contributed by atoms with E-state index in [1.165, 1.54) is 40.7 Å². The number of carbonyl (C=O) groups is 1. The molecule has 0 aliphatic carbocycles. The molecule has 1 heterocycles. The summed E-state index contributed by atoms with van der Waals surface area (Å²) in [6, 6.07) is 11.4. The first-order valence-corrected chi connectivity index (χ1v) is 10.6. The summed E-state index contributed by atoms with van der Waals surface area (Å²) >= 11 is 0. The zero-order valence-electron chi connectivity index (χ0n) is 15.6. The number of rotatable bonds is 6. The highest BCUT2D eigenvalue weighted by Crippen LogP contribution is 2.24. The lowest BCUT2D eigenvalue weighted by Crippen LogP contribution is -2.39. The van der Waals surface area contributed by atoms with Gasteiger partial charge >= 0.3 is 0 Å². The number of anilines is 1. The maximum Gasteiger partial charge on any atom is 0.262 e. The first-order chi connectivity index (χ1) is 13.3. The van der Waals surface area contributed by atoms with Crippen LogP contribution in [0.2, 0.25) is 0 Å². The maximum absolute atomic E-state index is 12.8. The predicted molar refractivity (Wildman–Crippen MR) is 104 cm³/mol. The van der Waals surface area contributed by atoms with Gasteiger partial charge in [0, 0.05) is 18.8 Å². The number of benzene rings is 2. The van der Waals surface area contributed by atoms with Gasteiger partial charge in [0.2, 0.25) is 10.0 Å². The van der Waals surface area contributed by atoms with Crippen LogP contribution in [0.5, 0.6) is 5.75 Å². The van der Waals surface area contributed by atoms with E-state index < -0.39 is 15.9 Å². The second kappa shape index (κ2) is 8.70. The number of sulfonamides is 1. The Morgan fingerprint density at radius 1 is 1.18 bits per heavy atom. The summed E-state index contributed by atoms with van der Waals surface area (Å²) in [5.41, 5.74) is 0.471. The van der Waals surface area contributed by atoms with E-state index in [0.717, 1.165) is 12.8 Å². The molecular weight excluding hydrogens is 383 g/mol. The van der Waals surface area contributed by atoms with Crippen LogP contribution in [0.25, 0.3) is 0 Å². The molecule has 1 saturated heterocycles. The van der Waals surface area contributed by atoms with Crippen LogP contribution in [0.4, 0.5) is 10.1 Å². The minimum absolute atomic E-state index is 0.210. The fourth-order valence-corrected chi connectivity index (χ4v) is 4.70. The van der Waals surface area contributed by atoms with Crippen molar-refractivity contribution >= 4 is 21.6 Å². The van der Waals surface area contributed by atoms with Crippen LogP contribution in [0, 0.1) is 11.7 Å². The smallest absolute Gasteiger partial charge is 0.262 e. The SMILES string of the molecule is CC1CCCN(S(=O)(=O)c2ccc(NC(=O)COc3ccc(F)cc3)cc2)C1. The van der Waals surface area contributed by atoms with Crippen LogP contribution in [0.15, 0.2) is 53.4 Å². The number of amides is 1. The highest BCUT2D eigenvalue weighted by Gasteiger charge is 2.28. The highest BCUT2D eigenvalue weighted by atomic mass is 32.2. The predicted octanol–water partition coefficient (Wildman–Crippen LogP) is 3.26. The van der Waals surface area contributed by atoms with Crippen LogP contribution in [0.3, 0.4) is 0 Å². The number of hydrogen-bond donors (Lipinski definition) is 1. The third-order valence-corrected chi connectivity index (χ3v) is 6.46. The summed E-state index contributed by atoms with van der Waals surface area (Å²) in [7, 11) is -3.52. The zero-order valence-corrected chi connectivity index (χ0v) is 16.4. The largest absolute Gasteiger partial charge is 0.484 e. The third kappa shape index (κ3) is 5.08. The van der Waals surface area contributed by atoms with Crippen LogP contribution in [-0.4, -0.2) is 38.3 Å². The minimum Gasteiger partial charge on any atom is -0.484 e. The molecule has 150 valence electrons. The molecule has 2 aromatic rings. The fraction of sp³-hybridized carbons (Fsp3) is 0.350. The molecule has 1 aliphatic rings. The van der Waals surface area contributed by atoms with Crippen molar-refractivity contribution in [3.63, 3.8) is 0 Å². The second-order valence-electron chi connectivity index (χ2n) is 6.93. The van der Waals surface area contributed by atoms with E-state index in [0.29, 0.717) is 30.4 Å². The van der Waals surface area contributed by atoms with Gasteiger partial charge in [-0.3, -0.25) is 4.79 Å². The first-order valence-electron chi connectivity index (χ1n) is 9.13. The highest BCUT2D eigenvalue weighted by molar-refractivity contribution is 7.89. The fourth-order valence-electron chi connectivity index (χ4n) is 3.10. The number of piperidine rings is 1. The standard InChI is InChI=1S/C20H23FN2O4S/c1-15-3-2-12-23(13-15)28(25,26)19-10-6-17(7-11-19)22-20(24)14-27-18-8-4-16(21)5-9-18/h4-11,15H,2-3,12-14H2,1H3,(H,22,24). The summed E-state index contributed by atoms with van der Waals surface area (Å²) in [4.78, 5) is 12.2. The van der Waals surface area contributed by atoms with Gasteiger partial charge in [-0.2, -0.15) is 4.31 Å². The average molecular weight is 406 g/mol. The summed E-state index contributed by atoms with van der Waals surface area (Å²) in [5.74, 6) is -0.0485. The number of nitrogens with zero attached hydrogens (tertiary/aromatic N) is 1. The van der Waals surface area contributed by atoms with Gasteiger partial charge in [-0.05, 0) is 67.3 Å². The first kappa shape index (κ1) is 20.3. The van der Waals surface area contributed by atoms with Gasteiger partial charge < -0.3 is 10.1 Å². The number of carbonyl (C=O) groups excluding carboxylic acids is 1. The van der Waals surface area contributed by atoms with Gasteiger partial charge in [-0.25, -0.2) is 12.8 Å². The molecule has 2 aromatic carbocycles. The summed E-state index contributed by atoms with van der Waals surface area (Å²) in [5, 5.41) is 2.64. The lowest BCUT2D eigenvalue weighted by atomic mass is 10.0. The summed E-state index contributed by atoms with van der Waals surface area (Å²) in [6.45, 7) is 2.87. The normalized spacial score (nSPS) is 17.9. The van der Waals surface area contributed by atoms with Gasteiger partial charge in [0.05, 0.1) is 4.90 Å². The number of ether oxygens (including phenoxy) is 1. The van der Waals surface area contributed by atoms with Crippen molar-refractivity contribution in [2.75, 3.05) is 25.0 Å². The number of nitrogens with one attached hydrogen (secondary N) is 1. The van der Waals surface area contributed by atoms with Gasteiger partial charge in [0.15, 0.2) is 6.61 Å². The molecule has 1 aliphatic heterocycles. The molecule has 8 heteroatoms. The molecule has 6 nitrogen and oxygen atoms in total. The van der Waals surface area contributed by atoms with Gasteiger partial charge in [-0.15, -0.1) is 0 Å². The monoisotopic (exact) mass is 406 g/mol. The molecule has 1 N–H and O–H groups in total. The molecule has 28 heavy (non-hydrogen) atoms. The molecule has 0 radical (unpaired) electrons. The van der Waals surface area contributed by atoms with Gasteiger partial charge in [0.1, 0.15) is 11.6 Å². The quantitative estimate of drug-likeness (QED) is 0.799. The van der Waals surface area contributed by atoms with Crippen LogP contribution in [-0.2, 0) is 14.8 Å². The van der Waals surface area contributed by atoms with Gasteiger partial charge in [-0.1, -0.05) is 6.92 Å². The zero-order chi connectivity index (χ0) is 20.1. The molecule has 1 atom stereocenters. The third-order valence-electron chi connectivity index (χ3n) is 4.58. The van der Waals surface area contributed by atoms with E-state index in [9.17, 15) is 17.6 Å². The molecule has 3 rings (SSSR count). The Balaban J connectivity index is 1.57. The Bertz CT molecular complexity index is 914. The summed E-state index contributed by atoms with van der Waals surface area (Å²) < 4.78 is 45.1. The van der Waals surface area contributed by atoms with Crippen molar-refractivity contribution in [1.82, 2.24) is 4.31 Å². The molecule has 1 amide bonds. The molecule has 1 fully saturated rings. The number of halogens is 1. The van der Waals surface area contributed by atoms with E-state index >= 15 is 0 Å². The molecular formula is C20H23FN2O4S. The van der Waals surface area contributed by atoms with Crippen molar-refractivity contribution in [2.24, 2.45) is 5.92 Å². The van der Waals surface area contributed by atoms with E-state index in [1.54, 1.807) is 12.1 Å². The van der Waals surface area contributed by atoms with Crippen molar-refractivity contribution in [3.05, 3.63) is 54.3 Å². The van der Waals surface area contributed by atoms with E-state index in [4.69, 9.17) is 4.74 Å². The topological polar surface area (TPSA) is 75.7 Å². The minimum atomic E-state index is -3.52. The Morgan fingerprint density at radius 3 is 2.50 bits per heavy atom. The Morgan fingerprint density at radius 2 is 1.86 bits per heavy atom. The molecule has 0 saturated carbocycles. The molecule has 1 unspecified atom stereocenters.